The van der Waals surface area contributed by atoms with E-state index in [1.807, 2.05) is 59.7 Å². The van der Waals surface area contributed by atoms with Gasteiger partial charge in [0.15, 0.2) is 11.5 Å². The van der Waals surface area contributed by atoms with Crippen LogP contribution >= 0.6 is 11.3 Å². The molecule has 3 aromatic rings. The minimum Gasteiger partial charge on any atom is -0.493 e. The summed E-state index contributed by atoms with van der Waals surface area (Å²) >= 11 is 1.44. The van der Waals surface area contributed by atoms with E-state index in [1.54, 1.807) is 7.11 Å². The summed E-state index contributed by atoms with van der Waals surface area (Å²) < 4.78 is 11.6. The molecule has 0 radical (unpaired) electrons. The monoisotopic (exact) mass is 438 g/mol. The Morgan fingerprint density at radius 3 is 2.74 bits per heavy atom. The molecule has 7 heteroatoms. The highest BCUT2D eigenvalue weighted by molar-refractivity contribution is 7.09. The smallest absolute Gasteiger partial charge is 0.254 e. The number of carbonyl (C=O) groups excluding carboxylic acids is 1. The van der Waals surface area contributed by atoms with Crippen LogP contribution in [0.2, 0.25) is 0 Å². The van der Waals surface area contributed by atoms with Gasteiger partial charge in [-0.25, -0.2) is 4.98 Å². The molecule has 1 heterocycles. The molecule has 1 saturated carbocycles. The first-order valence-corrected chi connectivity index (χ1v) is 11.2. The normalized spacial score (nSPS) is 13.1. The van der Waals surface area contributed by atoms with Crippen LogP contribution < -0.4 is 9.47 Å². The summed E-state index contributed by atoms with van der Waals surface area (Å²) in [5.74, 6) is 1.27. The van der Waals surface area contributed by atoms with Crippen molar-refractivity contribution in [3.63, 3.8) is 0 Å². The highest BCUT2D eigenvalue weighted by Gasteiger charge is 2.34. The average molecular weight is 439 g/mol. The molecule has 31 heavy (non-hydrogen) atoms. The number of benzene rings is 2. The van der Waals surface area contributed by atoms with E-state index >= 15 is 0 Å². The highest BCUT2D eigenvalue weighted by atomic mass is 32.1. The second-order valence-corrected chi connectivity index (χ2v) is 8.60. The maximum absolute atomic E-state index is 13.3. The van der Waals surface area contributed by atoms with Gasteiger partial charge in [-0.1, -0.05) is 29.8 Å². The van der Waals surface area contributed by atoms with Gasteiger partial charge in [0.25, 0.3) is 5.91 Å². The maximum Gasteiger partial charge on any atom is 0.254 e. The predicted octanol–water partition coefficient (Wildman–Crippen LogP) is 4.34. The summed E-state index contributed by atoms with van der Waals surface area (Å²) in [5, 5.41) is 11.8. The van der Waals surface area contributed by atoms with Crippen LogP contribution in [0.25, 0.3) is 0 Å². The zero-order valence-electron chi connectivity index (χ0n) is 17.7. The van der Waals surface area contributed by atoms with Crippen LogP contribution in [0, 0.1) is 6.92 Å². The van der Waals surface area contributed by atoms with E-state index in [-0.39, 0.29) is 25.2 Å². The molecule has 0 bridgehead atoms. The SMILES string of the molecule is COc1cccc(CN(C(=O)c2cccc(C)c2)C2CC2)c1OCc1nc(CO)cs1. The molecule has 2 aromatic carbocycles. The van der Waals surface area contributed by atoms with Gasteiger partial charge in [-0.3, -0.25) is 4.79 Å². The zero-order chi connectivity index (χ0) is 21.8. The first kappa shape index (κ1) is 21.3. The van der Waals surface area contributed by atoms with Crippen LogP contribution in [0.3, 0.4) is 0 Å². The summed E-state index contributed by atoms with van der Waals surface area (Å²) in [5.41, 5.74) is 3.30. The molecule has 0 saturated heterocycles. The van der Waals surface area contributed by atoms with Crippen molar-refractivity contribution in [1.29, 1.82) is 0 Å². The summed E-state index contributed by atoms with van der Waals surface area (Å²) in [6, 6.07) is 13.7. The van der Waals surface area contributed by atoms with Gasteiger partial charge < -0.3 is 19.5 Å². The standard InChI is InChI=1S/C24H26N2O4S/c1-16-5-3-6-17(11-16)24(28)26(20-9-10-20)12-18-7-4-8-21(29-2)23(18)30-14-22-25-19(13-27)15-31-22/h3-8,11,15,20,27H,9-10,12-14H2,1-2H3. The minimum atomic E-state index is -0.0895. The number of amides is 1. The molecule has 1 aromatic heterocycles. The number of aliphatic hydroxyl groups excluding tert-OH is 1. The Bertz CT molecular complexity index is 1060. The van der Waals surface area contributed by atoms with Crippen molar-refractivity contribution >= 4 is 17.2 Å². The maximum atomic E-state index is 13.3. The van der Waals surface area contributed by atoms with E-state index < -0.39 is 0 Å². The van der Waals surface area contributed by atoms with Gasteiger partial charge >= 0.3 is 0 Å². The molecule has 0 unspecified atom stereocenters. The third kappa shape index (κ3) is 5.06. The van der Waals surface area contributed by atoms with Gasteiger partial charge in [-0.2, -0.15) is 0 Å². The Labute approximate surface area is 186 Å². The Morgan fingerprint density at radius 2 is 2.06 bits per heavy atom. The molecule has 1 aliphatic carbocycles. The third-order valence-electron chi connectivity index (χ3n) is 5.24. The Balaban J connectivity index is 1.58. The Kier molecular flexibility index (Phi) is 6.53. The van der Waals surface area contributed by atoms with Gasteiger partial charge in [0.1, 0.15) is 11.6 Å². The van der Waals surface area contributed by atoms with Gasteiger partial charge in [-0.15, -0.1) is 11.3 Å². The topological polar surface area (TPSA) is 71.9 Å². The summed E-state index contributed by atoms with van der Waals surface area (Å²) in [4.78, 5) is 19.6. The van der Waals surface area contributed by atoms with Crippen molar-refractivity contribution < 1.29 is 19.4 Å². The molecule has 1 amide bonds. The molecule has 0 spiro atoms. The van der Waals surface area contributed by atoms with Gasteiger partial charge in [-0.05, 0) is 38.0 Å². The summed E-state index contributed by atoms with van der Waals surface area (Å²) in [7, 11) is 1.61. The third-order valence-corrected chi connectivity index (χ3v) is 6.11. The van der Waals surface area contributed by atoms with E-state index in [4.69, 9.17) is 9.47 Å². The number of rotatable bonds is 9. The largest absolute Gasteiger partial charge is 0.493 e. The molecular formula is C24H26N2O4S. The van der Waals surface area contributed by atoms with E-state index in [0.29, 0.717) is 29.3 Å². The van der Waals surface area contributed by atoms with Crippen molar-refractivity contribution in [2.75, 3.05) is 7.11 Å². The van der Waals surface area contributed by atoms with Crippen LogP contribution in [0.5, 0.6) is 11.5 Å². The van der Waals surface area contributed by atoms with Crippen LogP contribution in [0.1, 0.15) is 45.0 Å². The van der Waals surface area contributed by atoms with Crippen molar-refractivity contribution in [1.82, 2.24) is 9.88 Å². The molecule has 4 rings (SSSR count). The van der Waals surface area contributed by atoms with Crippen LogP contribution in [-0.2, 0) is 19.8 Å². The summed E-state index contributed by atoms with van der Waals surface area (Å²) in [6.07, 6.45) is 2.03. The van der Waals surface area contributed by atoms with Gasteiger partial charge in [0, 0.05) is 22.5 Å². The number of para-hydroxylation sites is 1. The fourth-order valence-electron chi connectivity index (χ4n) is 3.51. The number of nitrogens with zero attached hydrogens (tertiary/aromatic N) is 2. The second-order valence-electron chi connectivity index (χ2n) is 7.66. The molecule has 0 aliphatic heterocycles. The van der Waals surface area contributed by atoms with Crippen LogP contribution in [-0.4, -0.2) is 34.0 Å². The number of ether oxygens (including phenoxy) is 2. The van der Waals surface area contributed by atoms with Crippen molar-refractivity contribution in [2.24, 2.45) is 0 Å². The molecule has 1 aliphatic rings. The van der Waals surface area contributed by atoms with Crippen molar-refractivity contribution in [3.8, 4) is 11.5 Å². The molecule has 162 valence electrons. The quantitative estimate of drug-likeness (QED) is 0.538. The molecule has 6 nitrogen and oxygen atoms in total. The molecular weight excluding hydrogens is 412 g/mol. The van der Waals surface area contributed by atoms with Crippen LogP contribution in [0.4, 0.5) is 0 Å². The number of thiazole rings is 1. The van der Waals surface area contributed by atoms with Gasteiger partial charge in [0.05, 0.1) is 26.0 Å². The number of methoxy groups -OCH3 is 1. The Hall–Kier alpha value is -2.90. The molecule has 1 N–H and O–H groups in total. The number of hydrogen-bond donors (Lipinski definition) is 1. The Morgan fingerprint density at radius 1 is 1.26 bits per heavy atom. The van der Waals surface area contributed by atoms with Crippen molar-refractivity contribution in [3.05, 3.63) is 75.2 Å². The lowest BCUT2D eigenvalue weighted by atomic mass is 10.1. The van der Waals surface area contributed by atoms with E-state index in [0.717, 1.165) is 29.0 Å². The van der Waals surface area contributed by atoms with Crippen LogP contribution in [0.15, 0.2) is 47.8 Å². The number of aryl methyl sites for hydroxylation is 1. The number of hydrogen-bond acceptors (Lipinski definition) is 6. The molecule has 1 fully saturated rings. The second kappa shape index (κ2) is 9.49. The lowest BCUT2D eigenvalue weighted by Gasteiger charge is -2.24. The number of aromatic nitrogens is 1. The van der Waals surface area contributed by atoms with E-state index in [2.05, 4.69) is 4.98 Å². The fraction of sp³-hybridized carbons (Fsp3) is 0.333. The van der Waals surface area contributed by atoms with E-state index in [9.17, 15) is 9.90 Å². The number of carbonyl (C=O) groups is 1. The lowest BCUT2D eigenvalue weighted by Crippen LogP contribution is -2.32. The lowest BCUT2D eigenvalue weighted by molar-refractivity contribution is 0.0728. The summed E-state index contributed by atoms with van der Waals surface area (Å²) in [6.45, 7) is 2.62. The van der Waals surface area contributed by atoms with Crippen molar-refractivity contribution in [2.45, 2.75) is 45.6 Å². The zero-order valence-corrected chi connectivity index (χ0v) is 18.5. The molecule has 0 atom stereocenters. The van der Waals surface area contributed by atoms with Gasteiger partial charge in [0.2, 0.25) is 0 Å². The minimum absolute atomic E-state index is 0.0347. The highest BCUT2D eigenvalue weighted by Crippen LogP contribution is 2.36. The average Bonchev–Trinajstić information content (AvgIpc) is 3.53. The first-order valence-electron chi connectivity index (χ1n) is 10.3. The fourth-order valence-corrected chi connectivity index (χ4v) is 4.21. The predicted molar refractivity (Wildman–Crippen MR) is 119 cm³/mol. The van der Waals surface area contributed by atoms with E-state index in [1.165, 1.54) is 11.3 Å². The number of aliphatic hydroxyl groups is 1. The first-order chi connectivity index (χ1) is 15.1.